The van der Waals surface area contributed by atoms with Gasteiger partial charge in [0.2, 0.25) is 0 Å². The van der Waals surface area contributed by atoms with Crippen LogP contribution in [0.25, 0.3) is 11.5 Å². The van der Waals surface area contributed by atoms with E-state index in [4.69, 9.17) is 9.26 Å². The van der Waals surface area contributed by atoms with Gasteiger partial charge in [-0.05, 0) is 25.0 Å². The lowest BCUT2D eigenvalue weighted by Gasteiger charge is -2.22. The van der Waals surface area contributed by atoms with E-state index in [-0.39, 0.29) is 24.5 Å². The van der Waals surface area contributed by atoms with Crippen LogP contribution in [-0.4, -0.2) is 28.7 Å². The molecular weight excluding hydrogens is 318 g/mol. The van der Waals surface area contributed by atoms with Crippen molar-refractivity contribution in [3.63, 3.8) is 0 Å². The Kier molecular flexibility index (Phi) is 5.68. The number of aromatic nitrogens is 2. The summed E-state index contributed by atoms with van der Waals surface area (Å²) in [4.78, 5) is 16.5. The molecule has 1 aromatic heterocycles. The average Bonchev–Trinajstić information content (AvgIpc) is 3.11. The molecule has 0 bridgehead atoms. The molecule has 6 nitrogen and oxygen atoms in total. The Morgan fingerprint density at radius 2 is 2.04 bits per heavy atom. The lowest BCUT2D eigenvalue weighted by Crippen LogP contribution is -2.39. The second-order valence-corrected chi connectivity index (χ2v) is 6.80. The number of carbonyl (C=O) groups is 1. The number of nitrogens with one attached hydrogen (secondary N) is 1. The van der Waals surface area contributed by atoms with Gasteiger partial charge in [-0.3, -0.25) is 4.79 Å². The number of nitrogens with zero attached hydrogens (tertiary/aromatic N) is 2. The van der Waals surface area contributed by atoms with E-state index < -0.39 is 0 Å². The molecule has 6 heteroatoms. The van der Waals surface area contributed by atoms with Crippen molar-refractivity contribution in [3.05, 3.63) is 30.1 Å². The first-order chi connectivity index (χ1) is 12.1. The highest BCUT2D eigenvalue weighted by molar-refractivity contribution is 5.78. The molecule has 0 unspecified atom stereocenters. The van der Waals surface area contributed by atoms with Crippen LogP contribution in [0.5, 0.6) is 5.75 Å². The predicted molar refractivity (Wildman–Crippen MR) is 94.3 cm³/mol. The first kappa shape index (κ1) is 17.5. The van der Waals surface area contributed by atoms with Crippen molar-refractivity contribution >= 4 is 5.91 Å². The molecule has 3 rings (SSSR count). The molecule has 1 aliphatic rings. The standard InChI is InChI=1S/C19H25N3O3/c1-13(2)18-21-19(25-22-18)15-10-6-7-11-16(15)24-12-17(23)20-14-8-4-3-5-9-14/h6-7,10-11,13-14H,3-5,8-9,12H2,1-2H3,(H,20,23). The SMILES string of the molecule is CC(C)c1noc(-c2ccccc2OCC(=O)NC2CCCCC2)n1. The highest BCUT2D eigenvalue weighted by atomic mass is 16.5. The van der Waals surface area contributed by atoms with Crippen molar-refractivity contribution in [1.82, 2.24) is 15.5 Å². The Balaban J connectivity index is 1.63. The van der Waals surface area contributed by atoms with E-state index >= 15 is 0 Å². The number of carbonyl (C=O) groups excluding carboxylic acids is 1. The molecule has 0 atom stereocenters. The number of ether oxygens (including phenoxy) is 1. The first-order valence-electron chi connectivity index (χ1n) is 8.98. The van der Waals surface area contributed by atoms with Crippen LogP contribution in [-0.2, 0) is 4.79 Å². The van der Waals surface area contributed by atoms with Crippen LogP contribution >= 0.6 is 0 Å². The summed E-state index contributed by atoms with van der Waals surface area (Å²) in [6.07, 6.45) is 5.75. The third kappa shape index (κ3) is 4.59. The normalized spacial score (nSPS) is 15.3. The highest BCUT2D eigenvalue weighted by Gasteiger charge is 2.18. The Morgan fingerprint density at radius 3 is 2.76 bits per heavy atom. The molecule has 1 fully saturated rings. The quantitative estimate of drug-likeness (QED) is 0.865. The lowest BCUT2D eigenvalue weighted by atomic mass is 9.95. The second-order valence-electron chi connectivity index (χ2n) is 6.80. The summed E-state index contributed by atoms with van der Waals surface area (Å²) in [5.41, 5.74) is 0.701. The summed E-state index contributed by atoms with van der Waals surface area (Å²) in [5.74, 6) is 1.73. The van der Waals surface area contributed by atoms with Crippen molar-refractivity contribution in [2.45, 2.75) is 57.9 Å². The average molecular weight is 343 g/mol. The van der Waals surface area contributed by atoms with E-state index in [0.717, 1.165) is 12.8 Å². The molecule has 1 aliphatic carbocycles. The van der Waals surface area contributed by atoms with Crippen molar-refractivity contribution in [2.24, 2.45) is 0 Å². The van der Waals surface area contributed by atoms with Gasteiger partial charge < -0.3 is 14.6 Å². The molecule has 1 saturated carbocycles. The molecule has 0 radical (unpaired) electrons. The summed E-state index contributed by atoms with van der Waals surface area (Å²) in [7, 11) is 0. The lowest BCUT2D eigenvalue weighted by molar-refractivity contribution is -0.124. The van der Waals surface area contributed by atoms with E-state index in [1.165, 1.54) is 19.3 Å². The predicted octanol–water partition coefficient (Wildman–Crippen LogP) is 3.69. The number of para-hydroxylation sites is 1. The van der Waals surface area contributed by atoms with Crippen LogP contribution in [0.4, 0.5) is 0 Å². The molecule has 0 saturated heterocycles. The summed E-state index contributed by atoms with van der Waals surface area (Å²) in [6, 6.07) is 7.68. The molecule has 1 aromatic carbocycles. The van der Waals surface area contributed by atoms with Crippen LogP contribution in [0.2, 0.25) is 0 Å². The fourth-order valence-electron chi connectivity index (χ4n) is 3.01. The molecule has 1 N–H and O–H groups in total. The summed E-state index contributed by atoms with van der Waals surface area (Å²) >= 11 is 0. The van der Waals surface area contributed by atoms with Gasteiger partial charge >= 0.3 is 0 Å². The van der Waals surface area contributed by atoms with E-state index in [0.29, 0.717) is 23.0 Å². The van der Waals surface area contributed by atoms with Gasteiger partial charge in [-0.15, -0.1) is 0 Å². The maximum absolute atomic E-state index is 12.1. The van der Waals surface area contributed by atoms with Crippen molar-refractivity contribution < 1.29 is 14.1 Å². The molecule has 0 spiro atoms. The molecule has 134 valence electrons. The fourth-order valence-corrected chi connectivity index (χ4v) is 3.01. The van der Waals surface area contributed by atoms with Crippen molar-refractivity contribution in [2.75, 3.05) is 6.61 Å². The largest absolute Gasteiger partial charge is 0.483 e. The number of rotatable bonds is 6. The zero-order valence-electron chi connectivity index (χ0n) is 14.8. The topological polar surface area (TPSA) is 77.2 Å². The van der Waals surface area contributed by atoms with E-state index in [1.807, 2.05) is 38.1 Å². The maximum atomic E-state index is 12.1. The van der Waals surface area contributed by atoms with Gasteiger partial charge in [-0.25, -0.2) is 0 Å². The zero-order chi connectivity index (χ0) is 17.6. The summed E-state index contributed by atoms with van der Waals surface area (Å²) in [5, 5.41) is 7.04. The van der Waals surface area contributed by atoms with Gasteiger partial charge in [0.15, 0.2) is 12.4 Å². The minimum atomic E-state index is -0.0879. The van der Waals surface area contributed by atoms with Crippen molar-refractivity contribution in [1.29, 1.82) is 0 Å². The monoisotopic (exact) mass is 343 g/mol. The van der Waals surface area contributed by atoms with Gasteiger partial charge in [-0.2, -0.15) is 4.98 Å². The smallest absolute Gasteiger partial charge is 0.261 e. The Hall–Kier alpha value is -2.37. The molecular formula is C19H25N3O3. The van der Waals surface area contributed by atoms with Crippen molar-refractivity contribution in [3.8, 4) is 17.2 Å². The van der Waals surface area contributed by atoms with E-state index in [2.05, 4.69) is 15.5 Å². The van der Waals surface area contributed by atoms with Gasteiger partial charge in [0.05, 0.1) is 5.56 Å². The molecule has 0 aliphatic heterocycles. The fraction of sp³-hybridized carbons (Fsp3) is 0.526. The Morgan fingerprint density at radius 1 is 1.28 bits per heavy atom. The number of hydrogen-bond donors (Lipinski definition) is 1. The van der Waals surface area contributed by atoms with E-state index in [9.17, 15) is 4.79 Å². The number of hydrogen-bond acceptors (Lipinski definition) is 5. The minimum absolute atomic E-state index is 0.0152. The summed E-state index contributed by atoms with van der Waals surface area (Å²) in [6.45, 7) is 4.00. The van der Waals surface area contributed by atoms with Gasteiger partial charge in [-0.1, -0.05) is 50.4 Å². The molecule has 1 amide bonds. The molecule has 2 aromatic rings. The highest BCUT2D eigenvalue weighted by Crippen LogP contribution is 2.29. The van der Waals surface area contributed by atoms with Gasteiger partial charge in [0.25, 0.3) is 11.8 Å². The molecule has 1 heterocycles. The second kappa shape index (κ2) is 8.14. The molecule has 25 heavy (non-hydrogen) atoms. The van der Waals surface area contributed by atoms with Crippen LogP contribution in [0.1, 0.15) is 57.7 Å². The third-order valence-corrected chi connectivity index (χ3v) is 4.40. The maximum Gasteiger partial charge on any atom is 0.261 e. The zero-order valence-corrected chi connectivity index (χ0v) is 14.8. The first-order valence-corrected chi connectivity index (χ1v) is 8.98. The Labute approximate surface area is 148 Å². The van der Waals surface area contributed by atoms with Crippen LogP contribution < -0.4 is 10.1 Å². The van der Waals surface area contributed by atoms with Gasteiger partial charge in [0, 0.05) is 12.0 Å². The Bertz CT molecular complexity index is 705. The van der Waals surface area contributed by atoms with E-state index in [1.54, 1.807) is 0 Å². The number of amides is 1. The van der Waals surface area contributed by atoms with Crippen LogP contribution in [0, 0.1) is 0 Å². The third-order valence-electron chi connectivity index (χ3n) is 4.40. The van der Waals surface area contributed by atoms with Gasteiger partial charge in [0.1, 0.15) is 5.75 Å². The van der Waals surface area contributed by atoms with Crippen LogP contribution in [0.15, 0.2) is 28.8 Å². The number of benzene rings is 1. The minimum Gasteiger partial charge on any atom is -0.483 e. The summed E-state index contributed by atoms with van der Waals surface area (Å²) < 4.78 is 11.1. The van der Waals surface area contributed by atoms with Crippen LogP contribution in [0.3, 0.4) is 0 Å².